The highest BCUT2D eigenvalue weighted by atomic mass is 31.2. The Labute approximate surface area is 336 Å². The van der Waals surface area contributed by atoms with Crippen molar-refractivity contribution < 1.29 is 42.1 Å². The Kier molecular flexibility index (Phi) is 35.3. The van der Waals surface area contributed by atoms with Gasteiger partial charge in [-0.25, -0.2) is 0 Å². The Balaban J connectivity index is 4.51. The second-order valence-corrected chi connectivity index (χ2v) is 16.5. The summed E-state index contributed by atoms with van der Waals surface area (Å²) in [7, 11) is 1.11. The average Bonchev–Trinajstić information content (AvgIpc) is 3.13. The van der Waals surface area contributed by atoms with E-state index in [1.807, 2.05) is 51.5 Å². The summed E-state index contributed by atoms with van der Waals surface area (Å²) in [6, 6.07) is 0. The molecule has 0 aromatic carbocycles. The molecule has 0 bridgehead atoms. The summed E-state index contributed by atoms with van der Waals surface area (Å²) in [5.41, 5.74) is 0. The molecule has 316 valence electrons. The Morgan fingerprint density at radius 3 is 1.71 bits per heavy atom. The largest absolute Gasteiger partial charge is 0.756 e. The van der Waals surface area contributed by atoms with E-state index in [0.717, 1.165) is 51.4 Å². The Morgan fingerprint density at radius 1 is 0.582 bits per heavy atom. The summed E-state index contributed by atoms with van der Waals surface area (Å²) in [5.74, 6) is -0.947. The highest BCUT2D eigenvalue weighted by Crippen LogP contribution is 2.38. The minimum atomic E-state index is -4.65. The van der Waals surface area contributed by atoms with Gasteiger partial charge in [-0.2, -0.15) is 0 Å². The fraction of sp³-hybridized carbons (Fsp3) is 0.689. The number of nitrogens with zero attached hydrogens (tertiary/aromatic N) is 1. The molecule has 0 aliphatic carbocycles. The van der Waals surface area contributed by atoms with Crippen LogP contribution < -0.4 is 4.89 Å². The number of hydrogen-bond acceptors (Lipinski definition) is 8. The van der Waals surface area contributed by atoms with Gasteiger partial charge in [-0.1, -0.05) is 151 Å². The van der Waals surface area contributed by atoms with E-state index in [1.165, 1.54) is 57.8 Å². The lowest BCUT2D eigenvalue weighted by Gasteiger charge is -2.28. The molecule has 2 unspecified atom stereocenters. The van der Waals surface area contributed by atoms with Crippen LogP contribution in [0.4, 0.5) is 0 Å². The number of rotatable bonds is 37. The summed E-state index contributed by atoms with van der Waals surface area (Å²) in [6.45, 7) is 4.06. The summed E-state index contributed by atoms with van der Waals surface area (Å²) < 4.78 is 33.7. The highest BCUT2D eigenvalue weighted by Gasteiger charge is 2.21. The number of phosphoric acid groups is 1. The van der Waals surface area contributed by atoms with Crippen molar-refractivity contribution in [1.29, 1.82) is 0 Å². The lowest BCUT2D eigenvalue weighted by molar-refractivity contribution is -0.870. The molecular formula is C45H78NO8P. The van der Waals surface area contributed by atoms with Crippen LogP contribution in [0.1, 0.15) is 149 Å². The molecule has 10 heteroatoms. The molecule has 0 aliphatic heterocycles. The van der Waals surface area contributed by atoms with Gasteiger partial charge in [0, 0.05) is 12.8 Å². The Hall–Kier alpha value is -2.55. The van der Waals surface area contributed by atoms with E-state index in [9.17, 15) is 19.0 Å². The van der Waals surface area contributed by atoms with Crippen LogP contribution in [0.15, 0.2) is 72.9 Å². The van der Waals surface area contributed by atoms with E-state index in [1.54, 1.807) is 0 Å². The van der Waals surface area contributed by atoms with Gasteiger partial charge in [0.15, 0.2) is 6.10 Å². The van der Waals surface area contributed by atoms with Crippen molar-refractivity contribution >= 4 is 19.8 Å². The summed E-state index contributed by atoms with van der Waals surface area (Å²) >= 11 is 0. The molecule has 0 spiro atoms. The Morgan fingerprint density at radius 2 is 1.09 bits per heavy atom. The number of ether oxygens (including phenoxy) is 2. The normalized spacial score (nSPS) is 14.4. The van der Waals surface area contributed by atoms with Crippen molar-refractivity contribution in [2.45, 2.75) is 155 Å². The molecule has 0 amide bonds. The molecule has 55 heavy (non-hydrogen) atoms. The van der Waals surface area contributed by atoms with Crippen LogP contribution in [0.2, 0.25) is 0 Å². The van der Waals surface area contributed by atoms with Crippen molar-refractivity contribution in [3.05, 3.63) is 72.9 Å². The molecule has 0 radical (unpaired) electrons. The molecular weight excluding hydrogens is 713 g/mol. The quantitative estimate of drug-likeness (QED) is 0.0153. The number of likely N-dealkylation sites (N-methyl/N-ethyl adjacent to an activating group) is 1. The van der Waals surface area contributed by atoms with Crippen molar-refractivity contribution in [2.75, 3.05) is 47.5 Å². The van der Waals surface area contributed by atoms with Crippen LogP contribution in [-0.2, 0) is 32.7 Å². The first kappa shape index (κ1) is 52.5. The van der Waals surface area contributed by atoms with Crippen LogP contribution in [0.25, 0.3) is 0 Å². The van der Waals surface area contributed by atoms with Gasteiger partial charge in [0.05, 0.1) is 27.7 Å². The van der Waals surface area contributed by atoms with Gasteiger partial charge in [-0.3, -0.25) is 14.2 Å². The van der Waals surface area contributed by atoms with Gasteiger partial charge < -0.3 is 27.9 Å². The smallest absolute Gasteiger partial charge is 0.306 e. The van der Waals surface area contributed by atoms with E-state index < -0.39 is 32.5 Å². The monoisotopic (exact) mass is 792 g/mol. The van der Waals surface area contributed by atoms with Gasteiger partial charge in [0.25, 0.3) is 7.82 Å². The van der Waals surface area contributed by atoms with Crippen molar-refractivity contribution in [3.63, 3.8) is 0 Å². The molecule has 0 N–H and O–H groups in total. The second-order valence-electron chi connectivity index (χ2n) is 15.1. The third-order valence-corrected chi connectivity index (χ3v) is 9.52. The zero-order valence-electron chi connectivity index (χ0n) is 35.3. The van der Waals surface area contributed by atoms with Crippen molar-refractivity contribution in [2.24, 2.45) is 0 Å². The fourth-order valence-electron chi connectivity index (χ4n) is 5.19. The van der Waals surface area contributed by atoms with Gasteiger partial charge >= 0.3 is 11.9 Å². The molecule has 0 aromatic heterocycles. The average molecular weight is 792 g/mol. The third-order valence-electron chi connectivity index (χ3n) is 8.56. The number of hydrogen-bond donors (Lipinski definition) is 0. The summed E-state index contributed by atoms with van der Waals surface area (Å²) in [5, 5.41) is 0. The first-order valence-corrected chi connectivity index (χ1v) is 22.7. The van der Waals surface area contributed by atoms with Crippen LogP contribution in [-0.4, -0.2) is 70.0 Å². The molecule has 9 nitrogen and oxygen atoms in total. The van der Waals surface area contributed by atoms with Gasteiger partial charge in [0.2, 0.25) is 0 Å². The number of unbranched alkanes of at least 4 members (excludes halogenated alkanes) is 14. The summed E-state index contributed by atoms with van der Waals surface area (Å²) in [4.78, 5) is 37.4. The maximum Gasteiger partial charge on any atom is 0.306 e. The van der Waals surface area contributed by atoms with Crippen molar-refractivity contribution in [3.8, 4) is 0 Å². The number of carbonyl (C=O) groups excluding carboxylic acids is 2. The molecule has 2 atom stereocenters. The SMILES string of the molecule is CCCCC/C=C/C=C/C=C/C=C/CCCCCCCC(=O)OCC(COP(=O)([O-])OCC[N+](C)(C)C)OC(=O)CC/C=C/C/C=C/CCCCCCCC. The number of quaternary nitrogens is 1. The predicted octanol–water partition coefficient (Wildman–Crippen LogP) is 11.2. The number of carbonyl (C=O) groups is 2. The van der Waals surface area contributed by atoms with Gasteiger partial charge in [0.1, 0.15) is 19.8 Å². The minimum Gasteiger partial charge on any atom is -0.756 e. The van der Waals surface area contributed by atoms with E-state index in [0.29, 0.717) is 23.9 Å². The van der Waals surface area contributed by atoms with E-state index in [2.05, 4.69) is 56.4 Å². The maximum atomic E-state index is 12.6. The standard InChI is InChI=1S/C45H78NO8P/c1-6-8-10-12-14-16-18-20-21-22-23-24-26-27-29-31-33-35-37-44(47)51-41-43(42-53-55(49,50)52-40-39-46(3,4)5)54-45(48)38-36-34-32-30-28-25-19-17-15-13-11-9-7-2/h14,16,18,20-25,28,32,34,43H,6-13,15,17,19,26-27,29-31,33,35-42H2,1-5H3/b16-14+,20-18+,22-21+,24-23+,28-25+,34-32+. The topological polar surface area (TPSA) is 111 Å². The minimum absolute atomic E-state index is 0.0479. The first-order chi connectivity index (χ1) is 26.5. The van der Waals surface area contributed by atoms with Crippen molar-refractivity contribution in [1.82, 2.24) is 0 Å². The molecule has 0 aromatic rings. The van der Waals surface area contributed by atoms with Crippen LogP contribution >= 0.6 is 7.82 Å². The van der Waals surface area contributed by atoms with E-state index in [4.69, 9.17) is 18.5 Å². The van der Waals surface area contributed by atoms with Gasteiger partial charge in [-0.15, -0.1) is 0 Å². The highest BCUT2D eigenvalue weighted by molar-refractivity contribution is 7.45. The number of phosphoric ester groups is 1. The maximum absolute atomic E-state index is 12.6. The predicted molar refractivity (Wildman–Crippen MR) is 226 cm³/mol. The third kappa shape index (κ3) is 40.9. The lowest BCUT2D eigenvalue weighted by atomic mass is 10.1. The zero-order chi connectivity index (χ0) is 40.7. The zero-order valence-corrected chi connectivity index (χ0v) is 36.2. The Bertz CT molecular complexity index is 1170. The van der Waals surface area contributed by atoms with E-state index in [-0.39, 0.29) is 26.1 Å². The van der Waals surface area contributed by atoms with Crippen LogP contribution in [0, 0.1) is 0 Å². The molecule has 0 fully saturated rings. The molecule has 0 rings (SSSR count). The summed E-state index contributed by atoms with van der Waals surface area (Å²) in [6.07, 6.45) is 45.1. The first-order valence-electron chi connectivity index (χ1n) is 21.2. The molecule has 0 heterocycles. The molecule has 0 aliphatic rings. The van der Waals surface area contributed by atoms with E-state index >= 15 is 0 Å². The lowest BCUT2D eigenvalue weighted by Crippen LogP contribution is -2.37. The van der Waals surface area contributed by atoms with Crippen LogP contribution in [0.3, 0.4) is 0 Å². The fourth-order valence-corrected chi connectivity index (χ4v) is 5.92. The van der Waals surface area contributed by atoms with Gasteiger partial charge in [-0.05, 0) is 57.8 Å². The number of esters is 2. The molecule has 0 saturated heterocycles. The number of allylic oxidation sites excluding steroid dienone is 12. The molecule has 0 saturated carbocycles. The second kappa shape index (κ2) is 37.1. The van der Waals surface area contributed by atoms with Crippen LogP contribution in [0.5, 0.6) is 0 Å².